The third kappa shape index (κ3) is 3.51. The first-order valence-electron chi connectivity index (χ1n) is 8.35. The van der Waals surface area contributed by atoms with E-state index in [-0.39, 0.29) is 11.1 Å². The van der Waals surface area contributed by atoms with Crippen LogP contribution >= 0.6 is 0 Å². The number of aliphatic carboxylic acids is 1. The molecule has 32 heavy (non-hydrogen) atoms. The number of benzene rings is 2. The van der Waals surface area contributed by atoms with Gasteiger partial charge in [-0.15, -0.1) is 0 Å². The Morgan fingerprint density at radius 2 is 1.25 bits per heavy atom. The molecule has 0 radical (unpaired) electrons. The highest BCUT2D eigenvalue weighted by Crippen LogP contribution is 2.50. The Morgan fingerprint density at radius 3 is 1.56 bits per heavy atom. The molecule has 2 aromatic carbocycles. The van der Waals surface area contributed by atoms with Crippen molar-refractivity contribution in [1.29, 1.82) is 0 Å². The lowest BCUT2D eigenvalue weighted by atomic mass is 10.0. The SMILES string of the molecule is C[C@H](ON=C1c2cc([N+](=O)[O-])cc([N+](=O)[O-])c2-c2c1cc([N+](=O)[O-])cc2[N+](=O)[O-])C(=O)O. The topological polar surface area (TPSA) is 231 Å². The summed E-state index contributed by atoms with van der Waals surface area (Å²) in [5, 5.41) is 58.3. The number of nitrogens with zero attached hydrogens (tertiary/aromatic N) is 5. The van der Waals surface area contributed by atoms with Crippen LogP contribution in [0.4, 0.5) is 22.7 Å². The van der Waals surface area contributed by atoms with Gasteiger partial charge in [0, 0.05) is 23.3 Å². The monoisotopic (exact) mass is 447 g/mol. The molecule has 0 saturated carbocycles. The summed E-state index contributed by atoms with van der Waals surface area (Å²) < 4.78 is 0. The van der Waals surface area contributed by atoms with Crippen molar-refractivity contribution in [3.8, 4) is 11.1 Å². The molecule has 1 aliphatic rings. The van der Waals surface area contributed by atoms with Gasteiger partial charge in [0.2, 0.25) is 6.10 Å². The van der Waals surface area contributed by atoms with Crippen molar-refractivity contribution in [2.75, 3.05) is 0 Å². The molecule has 164 valence electrons. The predicted octanol–water partition coefficient (Wildman–Crippen LogP) is 2.54. The molecule has 16 heteroatoms. The molecule has 0 bridgehead atoms. The van der Waals surface area contributed by atoms with Crippen molar-refractivity contribution in [3.63, 3.8) is 0 Å². The van der Waals surface area contributed by atoms with Crippen LogP contribution in [0.2, 0.25) is 0 Å². The maximum atomic E-state index is 11.6. The number of carboxylic acid groups (broad SMARTS) is 1. The van der Waals surface area contributed by atoms with Crippen LogP contribution in [0.1, 0.15) is 18.1 Å². The van der Waals surface area contributed by atoms with E-state index in [1.165, 1.54) is 0 Å². The first-order chi connectivity index (χ1) is 14.9. The standard InChI is InChI=1S/C16H9N5O11/c1-6(16(22)23)32-17-15-9-2-7(18(24)25)4-11(20(28)29)13(9)14-10(15)3-8(19(26)27)5-12(14)21(30)31/h2-6H,1H3,(H,22,23)/t6-/m0/s1. The fourth-order valence-corrected chi connectivity index (χ4v) is 3.04. The van der Waals surface area contributed by atoms with Crippen LogP contribution in [-0.2, 0) is 9.63 Å². The number of fused-ring (bicyclic) bond motifs is 3. The normalized spacial score (nSPS) is 12.3. The number of oxime groups is 1. The van der Waals surface area contributed by atoms with E-state index in [1.807, 2.05) is 0 Å². The second-order valence-corrected chi connectivity index (χ2v) is 6.33. The van der Waals surface area contributed by atoms with E-state index in [1.54, 1.807) is 0 Å². The molecule has 3 rings (SSSR count). The zero-order valence-electron chi connectivity index (χ0n) is 15.7. The van der Waals surface area contributed by atoms with Gasteiger partial charge in [0.25, 0.3) is 22.7 Å². The third-order valence-electron chi connectivity index (χ3n) is 4.43. The second-order valence-electron chi connectivity index (χ2n) is 6.33. The largest absolute Gasteiger partial charge is 0.478 e. The molecule has 0 aromatic heterocycles. The Balaban J connectivity index is 2.47. The van der Waals surface area contributed by atoms with Crippen molar-refractivity contribution in [2.45, 2.75) is 13.0 Å². The Bertz CT molecular complexity index is 1190. The number of carboxylic acids is 1. The molecular weight excluding hydrogens is 438 g/mol. The van der Waals surface area contributed by atoms with Crippen molar-refractivity contribution < 1.29 is 34.4 Å². The van der Waals surface area contributed by atoms with Gasteiger partial charge in [0.05, 0.1) is 43.0 Å². The predicted molar refractivity (Wildman–Crippen MR) is 102 cm³/mol. The molecule has 1 atom stereocenters. The molecule has 0 amide bonds. The van der Waals surface area contributed by atoms with Crippen LogP contribution in [0.5, 0.6) is 0 Å². The molecule has 0 heterocycles. The van der Waals surface area contributed by atoms with Crippen LogP contribution < -0.4 is 0 Å². The van der Waals surface area contributed by atoms with Crippen LogP contribution in [-0.4, -0.2) is 42.6 Å². The number of nitro groups is 4. The minimum atomic E-state index is -1.54. The van der Waals surface area contributed by atoms with Crippen LogP contribution in [0.25, 0.3) is 11.1 Å². The molecule has 0 saturated heterocycles. The summed E-state index contributed by atoms with van der Waals surface area (Å²) in [4.78, 5) is 57.7. The summed E-state index contributed by atoms with van der Waals surface area (Å²) in [5.74, 6) is -1.46. The highest BCUT2D eigenvalue weighted by molar-refractivity contribution is 6.27. The lowest BCUT2D eigenvalue weighted by molar-refractivity contribution is -0.395. The van der Waals surface area contributed by atoms with Gasteiger partial charge in [-0.1, -0.05) is 5.16 Å². The van der Waals surface area contributed by atoms with Gasteiger partial charge in [0.15, 0.2) is 0 Å². The molecule has 0 spiro atoms. The minimum Gasteiger partial charge on any atom is -0.478 e. The van der Waals surface area contributed by atoms with E-state index in [9.17, 15) is 45.3 Å². The highest BCUT2D eigenvalue weighted by atomic mass is 16.7. The summed E-state index contributed by atoms with van der Waals surface area (Å²) in [5.41, 5.74) is -5.37. The van der Waals surface area contributed by atoms with Gasteiger partial charge in [-0.05, 0) is 6.92 Å². The van der Waals surface area contributed by atoms with Gasteiger partial charge in [-0.3, -0.25) is 40.5 Å². The quantitative estimate of drug-likeness (QED) is 0.408. The van der Waals surface area contributed by atoms with E-state index < -0.39 is 71.4 Å². The second kappa shape index (κ2) is 7.67. The fourth-order valence-electron chi connectivity index (χ4n) is 3.04. The summed E-state index contributed by atoms with van der Waals surface area (Å²) in [6, 6.07) is 2.81. The van der Waals surface area contributed by atoms with E-state index >= 15 is 0 Å². The van der Waals surface area contributed by atoms with E-state index in [2.05, 4.69) is 5.16 Å². The van der Waals surface area contributed by atoms with Crippen LogP contribution in [0, 0.1) is 40.5 Å². The summed E-state index contributed by atoms with van der Waals surface area (Å²) in [6.07, 6.45) is -1.54. The average Bonchev–Trinajstić information content (AvgIpc) is 3.03. The van der Waals surface area contributed by atoms with E-state index in [4.69, 9.17) is 9.94 Å². The number of rotatable bonds is 7. The third-order valence-corrected chi connectivity index (χ3v) is 4.43. The molecular formula is C16H9N5O11. The smallest absolute Gasteiger partial charge is 0.347 e. The number of carbonyl (C=O) groups is 1. The van der Waals surface area contributed by atoms with Crippen molar-refractivity contribution in [3.05, 3.63) is 75.8 Å². The Kier molecular flexibility index (Phi) is 5.20. The maximum absolute atomic E-state index is 11.6. The zero-order chi connectivity index (χ0) is 23.9. The molecule has 1 aliphatic carbocycles. The van der Waals surface area contributed by atoms with Gasteiger partial charge < -0.3 is 9.94 Å². The van der Waals surface area contributed by atoms with Gasteiger partial charge >= 0.3 is 5.97 Å². The molecule has 0 aliphatic heterocycles. The maximum Gasteiger partial charge on any atom is 0.347 e. The lowest BCUT2D eigenvalue weighted by Crippen LogP contribution is -2.18. The van der Waals surface area contributed by atoms with Crippen LogP contribution in [0.3, 0.4) is 0 Å². The molecule has 1 N–H and O–H groups in total. The van der Waals surface area contributed by atoms with E-state index in [0.717, 1.165) is 19.1 Å². The van der Waals surface area contributed by atoms with Gasteiger partial charge in [-0.2, -0.15) is 0 Å². The highest BCUT2D eigenvalue weighted by Gasteiger charge is 2.41. The Labute approximate surface area is 174 Å². The van der Waals surface area contributed by atoms with Crippen molar-refractivity contribution in [1.82, 2.24) is 0 Å². The molecule has 0 unspecified atom stereocenters. The first-order valence-corrected chi connectivity index (χ1v) is 8.35. The molecule has 16 nitrogen and oxygen atoms in total. The van der Waals surface area contributed by atoms with Crippen LogP contribution in [0.15, 0.2) is 29.4 Å². The summed E-state index contributed by atoms with van der Waals surface area (Å²) in [7, 11) is 0. The average molecular weight is 447 g/mol. The fraction of sp³-hybridized carbons (Fsp3) is 0.125. The van der Waals surface area contributed by atoms with Gasteiger partial charge in [-0.25, -0.2) is 4.79 Å². The van der Waals surface area contributed by atoms with Crippen molar-refractivity contribution >= 4 is 34.4 Å². The minimum absolute atomic E-state index is 0.359. The van der Waals surface area contributed by atoms with Gasteiger partial charge in [0.1, 0.15) is 5.71 Å². The van der Waals surface area contributed by atoms with Crippen molar-refractivity contribution in [2.24, 2.45) is 5.16 Å². The lowest BCUT2D eigenvalue weighted by Gasteiger charge is -2.06. The van der Waals surface area contributed by atoms with E-state index in [0.29, 0.717) is 12.1 Å². The Hall–Kier alpha value is -5.02. The Morgan fingerprint density at radius 1 is 0.844 bits per heavy atom. The number of hydrogen-bond donors (Lipinski definition) is 1. The molecule has 2 aromatic rings. The molecule has 0 fully saturated rings. The summed E-state index contributed by atoms with van der Waals surface area (Å²) >= 11 is 0. The number of non-ortho nitro benzene ring substituents is 2. The zero-order valence-corrected chi connectivity index (χ0v) is 15.7. The summed E-state index contributed by atoms with van der Waals surface area (Å²) in [6.45, 7) is 1.08. The first kappa shape index (κ1) is 21.7. The number of hydrogen-bond acceptors (Lipinski definition) is 11. The number of nitro benzene ring substituents is 4.